The van der Waals surface area contributed by atoms with E-state index in [1.807, 2.05) is 61.1 Å². The number of aryl methyl sites for hydroxylation is 1. The van der Waals surface area contributed by atoms with Crippen molar-refractivity contribution < 1.29 is 0 Å². The number of para-hydroxylation sites is 1. The van der Waals surface area contributed by atoms with E-state index in [0.717, 1.165) is 22.8 Å². The molecule has 4 aromatic rings. The molecule has 27 heavy (non-hydrogen) atoms. The van der Waals surface area contributed by atoms with E-state index in [9.17, 15) is 5.26 Å². The average Bonchev–Trinajstić information content (AvgIpc) is 3.30. The normalized spacial score (nSPS) is 10.7. The summed E-state index contributed by atoms with van der Waals surface area (Å²) >= 11 is 0. The highest BCUT2D eigenvalue weighted by Gasteiger charge is 2.17. The molecule has 3 heterocycles. The molecule has 0 aliphatic carbocycles. The Balaban J connectivity index is 1.85. The van der Waals surface area contributed by atoms with Crippen LogP contribution in [0.3, 0.4) is 0 Å². The maximum Gasteiger partial charge on any atom is 0.142 e. The Kier molecular flexibility index (Phi) is 3.94. The highest BCUT2D eigenvalue weighted by atomic mass is 15.3. The largest absolute Gasteiger partial charge is 0.383 e. The predicted molar refractivity (Wildman–Crippen MR) is 103 cm³/mol. The minimum absolute atomic E-state index is 0.191. The van der Waals surface area contributed by atoms with Crippen LogP contribution < -0.4 is 5.73 Å². The lowest BCUT2D eigenvalue weighted by Gasteiger charge is -2.10. The molecule has 0 atom stereocenters. The van der Waals surface area contributed by atoms with Gasteiger partial charge >= 0.3 is 0 Å². The van der Waals surface area contributed by atoms with E-state index < -0.39 is 0 Å². The first-order chi connectivity index (χ1) is 13.1. The van der Waals surface area contributed by atoms with Crippen LogP contribution in [0.25, 0.3) is 28.2 Å². The summed E-state index contributed by atoms with van der Waals surface area (Å²) < 4.78 is 3.70. The van der Waals surface area contributed by atoms with Crippen molar-refractivity contribution in [3.63, 3.8) is 0 Å². The Morgan fingerprint density at radius 3 is 2.59 bits per heavy atom. The zero-order valence-corrected chi connectivity index (χ0v) is 15.0. The third-order valence-electron chi connectivity index (χ3n) is 4.55. The summed E-state index contributed by atoms with van der Waals surface area (Å²) in [5.41, 5.74) is 10.4. The monoisotopic (exact) mass is 355 g/mol. The van der Waals surface area contributed by atoms with Gasteiger partial charge in [0.05, 0.1) is 29.5 Å². The van der Waals surface area contributed by atoms with Gasteiger partial charge in [0, 0.05) is 24.4 Å². The quantitative estimate of drug-likeness (QED) is 0.609. The van der Waals surface area contributed by atoms with Gasteiger partial charge < -0.3 is 10.3 Å². The number of nitrogens with zero attached hydrogens (tertiary/aromatic N) is 6. The van der Waals surface area contributed by atoms with Crippen LogP contribution in [-0.4, -0.2) is 24.3 Å². The molecule has 7 nitrogen and oxygen atoms in total. The third kappa shape index (κ3) is 2.83. The zero-order valence-electron chi connectivity index (χ0n) is 15.0. The van der Waals surface area contributed by atoms with E-state index in [2.05, 4.69) is 21.1 Å². The standard InChI is InChI=1S/C20H17N7/c1-13-23-11-19(26(13)2)16-8-18(25-20(22)17(16)9-21)14-10-24-27(12-14)15-6-4-3-5-7-15/h3-8,10-12H,1-2H3,(H2,22,25). The molecule has 4 rings (SSSR count). The fourth-order valence-electron chi connectivity index (χ4n) is 2.96. The van der Waals surface area contributed by atoms with Crippen LogP contribution in [0.5, 0.6) is 0 Å². The molecule has 0 aliphatic heterocycles. The second-order valence-electron chi connectivity index (χ2n) is 6.19. The van der Waals surface area contributed by atoms with Crippen LogP contribution in [0.1, 0.15) is 11.4 Å². The highest BCUT2D eigenvalue weighted by Crippen LogP contribution is 2.31. The molecule has 0 bridgehead atoms. The number of hydrogen-bond donors (Lipinski definition) is 1. The fourth-order valence-corrected chi connectivity index (χ4v) is 2.96. The SMILES string of the molecule is Cc1ncc(-c2cc(-c3cnn(-c4ccccc4)c3)nc(N)c2C#N)n1C. The summed E-state index contributed by atoms with van der Waals surface area (Å²) in [6, 6.07) is 13.8. The first-order valence-corrected chi connectivity index (χ1v) is 8.38. The predicted octanol–water partition coefficient (Wildman–Crippen LogP) is 3.10. The maximum atomic E-state index is 9.56. The van der Waals surface area contributed by atoms with E-state index in [0.29, 0.717) is 16.8 Å². The lowest BCUT2D eigenvalue weighted by atomic mass is 10.0. The third-order valence-corrected chi connectivity index (χ3v) is 4.55. The average molecular weight is 355 g/mol. The second-order valence-corrected chi connectivity index (χ2v) is 6.19. The highest BCUT2D eigenvalue weighted by molar-refractivity contribution is 5.78. The smallest absolute Gasteiger partial charge is 0.142 e. The minimum Gasteiger partial charge on any atom is -0.383 e. The molecule has 132 valence electrons. The van der Waals surface area contributed by atoms with Crippen molar-refractivity contribution in [3.05, 3.63) is 66.4 Å². The number of nitrogens with two attached hydrogens (primary N) is 1. The number of pyridine rings is 1. The summed E-state index contributed by atoms with van der Waals surface area (Å²) in [5, 5.41) is 14.0. The Labute approximate surface area is 156 Å². The molecule has 3 aromatic heterocycles. The molecule has 0 unspecified atom stereocenters. The molecule has 0 radical (unpaired) electrons. The second kappa shape index (κ2) is 6.42. The van der Waals surface area contributed by atoms with Crippen molar-refractivity contribution in [1.82, 2.24) is 24.3 Å². The first-order valence-electron chi connectivity index (χ1n) is 8.38. The number of nitrogen functional groups attached to an aromatic ring is 1. The Bertz CT molecular complexity index is 1160. The van der Waals surface area contributed by atoms with Gasteiger partial charge in [-0.05, 0) is 25.1 Å². The molecule has 0 spiro atoms. The van der Waals surface area contributed by atoms with E-state index in [4.69, 9.17) is 5.73 Å². The number of rotatable bonds is 3. The Hall–Kier alpha value is -3.92. The summed E-state index contributed by atoms with van der Waals surface area (Å²) in [4.78, 5) is 8.74. The van der Waals surface area contributed by atoms with E-state index >= 15 is 0 Å². The number of benzene rings is 1. The van der Waals surface area contributed by atoms with Crippen molar-refractivity contribution in [3.8, 4) is 34.3 Å². The van der Waals surface area contributed by atoms with Gasteiger partial charge in [0.15, 0.2) is 0 Å². The van der Waals surface area contributed by atoms with Crippen LogP contribution in [0.4, 0.5) is 5.82 Å². The van der Waals surface area contributed by atoms with Crippen molar-refractivity contribution in [1.29, 1.82) is 5.26 Å². The van der Waals surface area contributed by atoms with Crippen molar-refractivity contribution in [2.45, 2.75) is 6.92 Å². The lowest BCUT2D eigenvalue weighted by Crippen LogP contribution is -2.02. The minimum atomic E-state index is 0.191. The molecule has 2 N–H and O–H groups in total. The molecule has 0 saturated carbocycles. The van der Waals surface area contributed by atoms with Gasteiger partial charge in [-0.25, -0.2) is 14.6 Å². The number of aromatic nitrogens is 5. The lowest BCUT2D eigenvalue weighted by molar-refractivity contribution is 0.864. The molecule has 0 saturated heterocycles. The van der Waals surface area contributed by atoms with Gasteiger partial charge in [0.2, 0.25) is 0 Å². The van der Waals surface area contributed by atoms with Gasteiger partial charge in [0.1, 0.15) is 23.3 Å². The molecule has 0 aliphatic rings. The van der Waals surface area contributed by atoms with Crippen LogP contribution in [0.15, 0.2) is 55.0 Å². The van der Waals surface area contributed by atoms with Crippen molar-refractivity contribution in [2.24, 2.45) is 7.05 Å². The van der Waals surface area contributed by atoms with Crippen LogP contribution in [0, 0.1) is 18.3 Å². The Morgan fingerprint density at radius 2 is 1.93 bits per heavy atom. The summed E-state index contributed by atoms with van der Waals surface area (Å²) in [7, 11) is 1.91. The van der Waals surface area contributed by atoms with Crippen LogP contribution in [0.2, 0.25) is 0 Å². The molecular formula is C20H17N7. The topological polar surface area (TPSA) is 98.3 Å². The van der Waals surface area contributed by atoms with Gasteiger partial charge in [-0.3, -0.25) is 0 Å². The van der Waals surface area contributed by atoms with Crippen LogP contribution in [-0.2, 0) is 7.05 Å². The van der Waals surface area contributed by atoms with E-state index in [1.165, 1.54) is 0 Å². The van der Waals surface area contributed by atoms with E-state index in [-0.39, 0.29) is 5.82 Å². The van der Waals surface area contributed by atoms with Gasteiger partial charge in [-0.15, -0.1) is 0 Å². The van der Waals surface area contributed by atoms with Gasteiger partial charge in [0.25, 0.3) is 0 Å². The molecule has 0 amide bonds. The number of anilines is 1. The molecular weight excluding hydrogens is 338 g/mol. The zero-order chi connectivity index (χ0) is 19.0. The number of imidazole rings is 1. The first kappa shape index (κ1) is 16.5. The molecule has 0 fully saturated rings. The maximum absolute atomic E-state index is 9.56. The number of hydrogen-bond acceptors (Lipinski definition) is 5. The summed E-state index contributed by atoms with van der Waals surface area (Å²) in [6.45, 7) is 1.91. The molecule has 1 aromatic carbocycles. The fraction of sp³-hybridized carbons (Fsp3) is 0.100. The van der Waals surface area contributed by atoms with Gasteiger partial charge in [-0.1, -0.05) is 18.2 Å². The summed E-state index contributed by atoms with van der Waals surface area (Å²) in [5.74, 6) is 1.04. The van der Waals surface area contributed by atoms with Gasteiger partial charge in [-0.2, -0.15) is 10.4 Å². The Morgan fingerprint density at radius 1 is 1.15 bits per heavy atom. The van der Waals surface area contributed by atoms with E-state index in [1.54, 1.807) is 17.1 Å². The number of nitriles is 1. The molecule has 7 heteroatoms. The van der Waals surface area contributed by atoms with Crippen molar-refractivity contribution in [2.75, 3.05) is 5.73 Å². The van der Waals surface area contributed by atoms with Crippen molar-refractivity contribution >= 4 is 5.82 Å². The summed E-state index contributed by atoms with van der Waals surface area (Å²) in [6.07, 6.45) is 5.36. The van der Waals surface area contributed by atoms with Crippen LogP contribution >= 0.6 is 0 Å².